The minimum absolute atomic E-state index is 0. The minimum Gasteiger partial charge on any atom is -0.343 e. The molecule has 0 atom stereocenters. The van der Waals surface area contributed by atoms with E-state index in [0.717, 1.165) is 24.8 Å². The summed E-state index contributed by atoms with van der Waals surface area (Å²) in [6.07, 6.45) is 2.94. The van der Waals surface area contributed by atoms with Crippen molar-refractivity contribution in [2.45, 2.75) is 39.5 Å². The largest absolute Gasteiger partial charge is 0.343 e. The summed E-state index contributed by atoms with van der Waals surface area (Å²) in [4.78, 5) is 26.3. The van der Waals surface area contributed by atoms with Crippen LogP contribution >= 0.6 is 12.4 Å². The number of piperidine rings is 1. The molecular weight excluding hydrogens is 324 g/mol. The Balaban J connectivity index is 0.00000288. The molecule has 0 aliphatic carbocycles. The van der Waals surface area contributed by atoms with Crippen LogP contribution in [-0.2, 0) is 11.2 Å². The van der Waals surface area contributed by atoms with Crippen LogP contribution in [0.3, 0.4) is 0 Å². The van der Waals surface area contributed by atoms with Crippen LogP contribution in [0.25, 0.3) is 0 Å². The van der Waals surface area contributed by atoms with Crippen molar-refractivity contribution in [3.05, 3.63) is 35.4 Å². The average molecular weight is 353 g/mol. The van der Waals surface area contributed by atoms with Crippen LogP contribution in [0, 0.1) is 11.8 Å². The zero-order valence-electron chi connectivity index (χ0n) is 14.7. The molecule has 1 aliphatic rings. The molecule has 2 rings (SSSR count). The second-order valence-corrected chi connectivity index (χ2v) is 6.85. The fraction of sp³-hybridized carbons (Fsp3) is 0.579. The number of halogens is 1. The Morgan fingerprint density at radius 1 is 1.17 bits per heavy atom. The second-order valence-electron chi connectivity index (χ2n) is 6.85. The molecule has 134 valence electrons. The summed E-state index contributed by atoms with van der Waals surface area (Å²) in [6, 6.07) is 8.03. The third kappa shape index (κ3) is 5.60. The molecule has 1 aliphatic heterocycles. The summed E-state index contributed by atoms with van der Waals surface area (Å²) in [5.74, 6) is 0.975. The molecule has 0 saturated carbocycles. The van der Waals surface area contributed by atoms with Gasteiger partial charge in [0.15, 0.2) is 5.78 Å². The zero-order valence-corrected chi connectivity index (χ0v) is 15.5. The Bertz CT molecular complexity index is 535. The van der Waals surface area contributed by atoms with Gasteiger partial charge in [-0.25, -0.2) is 0 Å². The molecule has 4 nitrogen and oxygen atoms in total. The molecule has 24 heavy (non-hydrogen) atoms. The summed E-state index contributed by atoms with van der Waals surface area (Å²) in [6.45, 7) is 6.11. The molecule has 0 aromatic heterocycles. The molecule has 0 bridgehead atoms. The lowest BCUT2D eigenvalue weighted by molar-refractivity contribution is -0.132. The standard InChI is InChI=1S/C19H28N2O2.ClH/c1-14(2)13-15-3-5-16(6-4-15)19(23)17-8-11-21(12-9-17)18(22)7-10-20;/h3-6,14,17H,7-13,20H2,1-2H3;1H. The first-order valence-corrected chi connectivity index (χ1v) is 8.62. The van der Waals surface area contributed by atoms with Crippen molar-refractivity contribution in [2.75, 3.05) is 19.6 Å². The molecule has 1 amide bonds. The van der Waals surface area contributed by atoms with Gasteiger partial charge < -0.3 is 10.6 Å². The van der Waals surface area contributed by atoms with Crippen molar-refractivity contribution < 1.29 is 9.59 Å². The first kappa shape index (κ1) is 20.7. The number of carbonyl (C=O) groups excluding carboxylic acids is 2. The molecule has 0 unspecified atom stereocenters. The molecule has 1 heterocycles. The van der Waals surface area contributed by atoms with Crippen molar-refractivity contribution in [3.63, 3.8) is 0 Å². The first-order valence-electron chi connectivity index (χ1n) is 8.62. The number of amides is 1. The summed E-state index contributed by atoms with van der Waals surface area (Å²) in [5.41, 5.74) is 7.50. The summed E-state index contributed by atoms with van der Waals surface area (Å²) >= 11 is 0. The van der Waals surface area contributed by atoms with Crippen molar-refractivity contribution in [1.29, 1.82) is 0 Å². The van der Waals surface area contributed by atoms with Crippen LogP contribution in [0.1, 0.15) is 49.0 Å². The Morgan fingerprint density at radius 2 is 1.75 bits per heavy atom. The molecule has 0 spiro atoms. The van der Waals surface area contributed by atoms with Gasteiger partial charge in [-0.05, 0) is 30.7 Å². The maximum atomic E-state index is 12.6. The predicted molar refractivity (Wildman–Crippen MR) is 99.5 cm³/mol. The van der Waals surface area contributed by atoms with E-state index in [0.29, 0.717) is 32.0 Å². The van der Waals surface area contributed by atoms with E-state index in [-0.39, 0.29) is 30.0 Å². The Labute approximate surface area is 151 Å². The zero-order chi connectivity index (χ0) is 16.8. The van der Waals surface area contributed by atoms with Crippen LogP contribution in [0.4, 0.5) is 0 Å². The monoisotopic (exact) mass is 352 g/mol. The van der Waals surface area contributed by atoms with E-state index in [9.17, 15) is 9.59 Å². The number of carbonyl (C=O) groups is 2. The van der Waals surface area contributed by atoms with E-state index in [1.807, 2.05) is 17.0 Å². The summed E-state index contributed by atoms with van der Waals surface area (Å²) in [5, 5.41) is 0. The van der Waals surface area contributed by atoms with Crippen molar-refractivity contribution in [3.8, 4) is 0 Å². The maximum absolute atomic E-state index is 12.6. The number of likely N-dealkylation sites (tertiary alicyclic amines) is 1. The third-order valence-electron chi connectivity index (χ3n) is 4.46. The van der Waals surface area contributed by atoms with Gasteiger partial charge in [-0.2, -0.15) is 0 Å². The average Bonchev–Trinajstić information content (AvgIpc) is 2.55. The van der Waals surface area contributed by atoms with Gasteiger partial charge in [0.1, 0.15) is 0 Å². The molecule has 2 N–H and O–H groups in total. The van der Waals surface area contributed by atoms with Gasteiger partial charge in [-0.15, -0.1) is 12.4 Å². The first-order chi connectivity index (χ1) is 11.0. The van der Waals surface area contributed by atoms with Gasteiger partial charge in [0.25, 0.3) is 0 Å². The molecule has 0 radical (unpaired) electrons. The fourth-order valence-electron chi connectivity index (χ4n) is 3.18. The Kier molecular flexibility index (Phi) is 8.43. The van der Waals surface area contributed by atoms with E-state index in [1.165, 1.54) is 5.56 Å². The highest BCUT2D eigenvalue weighted by molar-refractivity contribution is 5.98. The second kappa shape index (κ2) is 9.80. The molecule has 1 fully saturated rings. The number of nitrogens with zero attached hydrogens (tertiary/aromatic N) is 1. The van der Waals surface area contributed by atoms with E-state index in [1.54, 1.807) is 0 Å². The summed E-state index contributed by atoms with van der Waals surface area (Å²) in [7, 11) is 0. The van der Waals surface area contributed by atoms with Gasteiger partial charge in [0, 0.05) is 37.5 Å². The minimum atomic E-state index is 0. The van der Waals surface area contributed by atoms with Gasteiger partial charge in [-0.1, -0.05) is 38.1 Å². The molecule has 1 aromatic carbocycles. The van der Waals surface area contributed by atoms with Gasteiger partial charge in [-0.3, -0.25) is 9.59 Å². The highest BCUT2D eigenvalue weighted by Crippen LogP contribution is 2.22. The Hall–Kier alpha value is -1.39. The van der Waals surface area contributed by atoms with Crippen LogP contribution in [-0.4, -0.2) is 36.2 Å². The van der Waals surface area contributed by atoms with E-state index >= 15 is 0 Å². The maximum Gasteiger partial charge on any atom is 0.223 e. The fourth-order valence-corrected chi connectivity index (χ4v) is 3.18. The van der Waals surface area contributed by atoms with Gasteiger partial charge >= 0.3 is 0 Å². The molecular formula is C19H29ClN2O2. The lowest BCUT2D eigenvalue weighted by atomic mass is 9.88. The number of hydrogen-bond donors (Lipinski definition) is 1. The number of nitrogens with two attached hydrogens (primary N) is 1. The predicted octanol–water partition coefficient (Wildman–Crippen LogP) is 3.08. The van der Waals surface area contributed by atoms with Crippen molar-refractivity contribution in [1.82, 2.24) is 4.90 Å². The number of benzene rings is 1. The third-order valence-corrected chi connectivity index (χ3v) is 4.46. The van der Waals surface area contributed by atoms with Crippen LogP contribution in [0.2, 0.25) is 0 Å². The highest BCUT2D eigenvalue weighted by Gasteiger charge is 2.27. The topological polar surface area (TPSA) is 63.4 Å². The molecule has 1 aromatic rings. The quantitative estimate of drug-likeness (QED) is 0.800. The van der Waals surface area contributed by atoms with E-state index in [4.69, 9.17) is 5.73 Å². The van der Waals surface area contributed by atoms with Gasteiger partial charge in [0.2, 0.25) is 5.91 Å². The lowest BCUT2D eigenvalue weighted by Gasteiger charge is -2.31. The number of Topliss-reactive ketones (excluding diaryl/α,β-unsaturated/α-hetero) is 1. The van der Waals surface area contributed by atoms with Crippen molar-refractivity contribution in [2.24, 2.45) is 17.6 Å². The Morgan fingerprint density at radius 3 is 2.25 bits per heavy atom. The summed E-state index contributed by atoms with van der Waals surface area (Å²) < 4.78 is 0. The van der Waals surface area contributed by atoms with Crippen LogP contribution in [0.5, 0.6) is 0 Å². The molecule has 5 heteroatoms. The van der Waals surface area contributed by atoms with E-state index < -0.39 is 0 Å². The normalized spacial score (nSPS) is 15.2. The highest BCUT2D eigenvalue weighted by atomic mass is 35.5. The number of hydrogen-bond acceptors (Lipinski definition) is 3. The van der Waals surface area contributed by atoms with Crippen LogP contribution < -0.4 is 5.73 Å². The van der Waals surface area contributed by atoms with Crippen LogP contribution in [0.15, 0.2) is 24.3 Å². The van der Waals surface area contributed by atoms with Crippen molar-refractivity contribution >= 4 is 24.1 Å². The lowest BCUT2D eigenvalue weighted by Crippen LogP contribution is -2.40. The number of rotatable bonds is 6. The SMILES string of the molecule is CC(C)Cc1ccc(C(=O)C2CCN(C(=O)CCN)CC2)cc1.Cl. The number of ketones is 1. The van der Waals surface area contributed by atoms with Gasteiger partial charge in [0.05, 0.1) is 0 Å². The molecule has 1 saturated heterocycles. The smallest absolute Gasteiger partial charge is 0.223 e. The van der Waals surface area contributed by atoms with E-state index in [2.05, 4.69) is 26.0 Å².